The minimum atomic E-state index is -0.556. The van der Waals surface area contributed by atoms with Crippen LogP contribution in [0.1, 0.15) is 22.8 Å². The SMILES string of the molecule is CCOc1cccc(C(=O)c2ccc(OC)c(F)c2)c1. The molecule has 2 rings (SSSR count). The molecule has 0 radical (unpaired) electrons. The summed E-state index contributed by atoms with van der Waals surface area (Å²) in [6.07, 6.45) is 0. The highest BCUT2D eigenvalue weighted by Crippen LogP contribution is 2.21. The van der Waals surface area contributed by atoms with Gasteiger partial charge in [0.2, 0.25) is 0 Å². The van der Waals surface area contributed by atoms with Crippen molar-refractivity contribution in [3.05, 3.63) is 59.4 Å². The molecule has 0 aliphatic carbocycles. The fraction of sp³-hybridized carbons (Fsp3) is 0.188. The maximum atomic E-state index is 13.6. The minimum absolute atomic E-state index is 0.115. The zero-order valence-electron chi connectivity index (χ0n) is 11.4. The highest BCUT2D eigenvalue weighted by molar-refractivity contribution is 6.09. The number of rotatable bonds is 5. The second-order valence-electron chi connectivity index (χ2n) is 4.14. The number of hydrogen-bond acceptors (Lipinski definition) is 3. The number of ether oxygens (including phenoxy) is 2. The first kappa shape index (κ1) is 14.1. The van der Waals surface area contributed by atoms with Gasteiger partial charge in [-0.3, -0.25) is 4.79 Å². The molecular formula is C16H15FO3. The van der Waals surface area contributed by atoms with Gasteiger partial charge in [-0.15, -0.1) is 0 Å². The Kier molecular flexibility index (Phi) is 4.35. The Balaban J connectivity index is 2.31. The van der Waals surface area contributed by atoms with Gasteiger partial charge in [0.25, 0.3) is 0 Å². The van der Waals surface area contributed by atoms with Crippen molar-refractivity contribution in [1.29, 1.82) is 0 Å². The predicted molar refractivity (Wildman–Crippen MR) is 74.0 cm³/mol. The molecule has 0 fully saturated rings. The van der Waals surface area contributed by atoms with Crippen LogP contribution < -0.4 is 9.47 Å². The van der Waals surface area contributed by atoms with Crippen LogP contribution in [0, 0.1) is 5.82 Å². The van der Waals surface area contributed by atoms with Gasteiger partial charge in [-0.05, 0) is 37.3 Å². The van der Waals surface area contributed by atoms with Crippen LogP contribution in [0.25, 0.3) is 0 Å². The van der Waals surface area contributed by atoms with Crippen molar-refractivity contribution >= 4 is 5.78 Å². The van der Waals surface area contributed by atoms with Crippen molar-refractivity contribution in [1.82, 2.24) is 0 Å². The molecule has 104 valence electrons. The van der Waals surface area contributed by atoms with Gasteiger partial charge < -0.3 is 9.47 Å². The van der Waals surface area contributed by atoms with E-state index in [2.05, 4.69) is 0 Å². The standard InChI is InChI=1S/C16H15FO3/c1-3-20-13-6-4-5-11(9-13)16(18)12-7-8-15(19-2)14(17)10-12/h4-10H,3H2,1-2H3. The number of carbonyl (C=O) groups is 1. The first-order valence-electron chi connectivity index (χ1n) is 6.26. The summed E-state index contributed by atoms with van der Waals surface area (Å²) in [5.74, 6) is -0.0793. The van der Waals surface area contributed by atoms with Crippen LogP contribution in [0.15, 0.2) is 42.5 Å². The lowest BCUT2D eigenvalue weighted by Crippen LogP contribution is -2.03. The monoisotopic (exact) mass is 274 g/mol. The van der Waals surface area contributed by atoms with Crippen LogP contribution in [0.4, 0.5) is 4.39 Å². The third kappa shape index (κ3) is 2.96. The van der Waals surface area contributed by atoms with Gasteiger partial charge >= 0.3 is 0 Å². The molecule has 0 aliphatic heterocycles. The van der Waals surface area contributed by atoms with Gasteiger partial charge in [-0.25, -0.2) is 4.39 Å². The Morgan fingerprint density at radius 3 is 2.55 bits per heavy atom. The molecule has 0 unspecified atom stereocenters. The zero-order valence-corrected chi connectivity index (χ0v) is 11.4. The van der Waals surface area contributed by atoms with Crippen LogP contribution >= 0.6 is 0 Å². The maximum Gasteiger partial charge on any atom is 0.193 e. The van der Waals surface area contributed by atoms with E-state index in [1.807, 2.05) is 6.92 Å². The molecule has 0 spiro atoms. The van der Waals surface area contributed by atoms with Crippen molar-refractivity contribution in [2.24, 2.45) is 0 Å². The van der Waals surface area contributed by atoms with Crippen LogP contribution in [0.5, 0.6) is 11.5 Å². The third-order valence-corrected chi connectivity index (χ3v) is 2.82. The fourth-order valence-corrected chi connectivity index (χ4v) is 1.87. The summed E-state index contributed by atoms with van der Waals surface area (Å²) in [6.45, 7) is 2.39. The molecule has 0 saturated carbocycles. The summed E-state index contributed by atoms with van der Waals surface area (Å²) in [6, 6.07) is 11.0. The van der Waals surface area contributed by atoms with E-state index in [-0.39, 0.29) is 17.1 Å². The van der Waals surface area contributed by atoms with Crippen molar-refractivity contribution in [2.45, 2.75) is 6.92 Å². The summed E-state index contributed by atoms with van der Waals surface area (Å²) in [4.78, 5) is 12.3. The minimum Gasteiger partial charge on any atom is -0.494 e. The van der Waals surface area contributed by atoms with Gasteiger partial charge in [0.15, 0.2) is 17.3 Å². The number of ketones is 1. The van der Waals surface area contributed by atoms with Gasteiger partial charge in [0.1, 0.15) is 5.75 Å². The smallest absolute Gasteiger partial charge is 0.193 e. The summed E-state index contributed by atoms with van der Waals surface area (Å²) >= 11 is 0. The average Bonchev–Trinajstić information content (AvgIpc) is 2.47. The lowest BCUT2D eigenvalue weighted by Gasteiger charge is -2.07. The Labute approximate surface area is 117 Å². The van der Waals surface area contributed by atoms with E-state index in [0.29, 0.717) is 17.9 Å². The Morgan fingerprint density at radius 1 is 1.15 bits per heavy atom. The van der Waals surface area contributed by atoms with Crippen LogP contribution in [0.3, 0.4) is 0 Å². The zero-order chi connectivity index (χ0) is 14.5. The van der Waals surface area contributed by atoms with Crippen molar-refractivity contribution < 1.29 is 18.7 Å². The first-order valence-corrected chi connectivity index (χ1v) is 6.26. The van der Waals surface area contributed by atoms with E-state index in [1.54, 1.807) is 24.3 Å². The molecule has 4 heteroatoms. The summed E-state index contributed by atoms with van der Waals surface area (Å²) in [7, 11) is 1.38. The third-order valence-electron chi connectivity index (χ3n) is 2.82. The largest absolute Gasteiger partial charge is 0.494 e. The number of halogens is 1. The fourth-order valence-electron chi connectivity index (χ4n) is 1.87. The number of hydrogen-bond donors (Lipinski definition) is 0. The second kappa shape index (κ2) is 6.19. The number of methoxy groups -OCH3 is 1. The lowest BCUT2D eigenvalue weighted by atomic mass is 10.0. The molecule has 0 atom stereocenters. The first-order chi connectivity index (χ1) is 9.65. The average molecular weight is 274 g/mol. The second-order valence-corrected chi connectivity index (χ2v) is 4.14. The highest BCUT2D eigenvalue weighted by Gasteiger charge is 2.13. The molecule has 20 heavy (non-hydrogen) atoms. The predicted octanol–water partition coefficient (Wildman–Crippen LogP) is 3.46. The topological polar surface area (TPSA) is 35.5 Å². The maximum absolute atomic E-state index is 13.6. The highest BCUT2D eigenvalue weighted by atomic mass is 19.1. The molecule has 0 aliphatic rings. The number of carbonyl (C=O) groups excluding carboxylic acids is 1. The van der Waals surface area contributed by atoms with E-state index in [1.165, 1.54) is 25.3 Å². The van der Waals surface area contributed by atoms with Crippen molar-refractivity contribution in [3.8, 4) is 11.5 Å². The molecule has 2 aromatic rings. The van der Waals surface area contributed by atoms with Gasteiger partial charge in [0.05, 0.1) is 13.7 Å². The van der Waals surface area contributed by atoms with E-state index < -0.39 is 5.82 Å². The molecule has 0 bridgehead atoms. The quantitative estimate of drug-likeness (QED) is 0.783. The Hall–Kier alpha value is -2.36. The van der Waals surface area contributed by atoms with E-state index in [0.717, 1.165) is 0 Å². The van der Waals surface area contributed by atoms with E-state index >= 15 is 0 Å². The molecule has 0 heterocycles. The van der Waals surface area contributed by atoms with E-state index in [4.69, 9.17) is 9.47 Å². The normalized spacial score (nSPS) is 10.2. The molecule has 0 aromatic heterocycles. The van der Waals surface area contributed by atoms with E-state index in [9.17, 15) is 9.18 Å². The molecule has 0 amide bonds. The van der Waals surface area contributed by atoms with Crippen LogP contribution in [0.2, 0.25) is 0 Å². The van der Waals surface area contributed by atoms with Crippen molar-refractivity contribution in [2.75, 3.05) is 13.7 Å². The summed E-state index contributed by atoms with van der Waals surface area (Å²) < 4.78 is 23.8. The van der Waals surface area contributed by atoms with Crippen LogP contribution in [-0.4, -0.2) is 19.5 Å². The molecule has 0 saturated heterocycles. The van der Waals surface area contributed by atoms with Gasteiger partial charge in [-0.1, -0.05) is 12.1 Å². The van der Waals surface area contributed by atoms with Gasteiger partial charge in [-0.2, -0.15) is 0 Å². The Morgan fingerprint density at radius 2 is 1.90 bits per heavy atom. The molecular weight excluding hydrogens is 259 g/mol. The Bertz CT molecular complexity index is 623. The summed E-state index contributed by atoms with van der Waals surface area (Å²) in [5.41, 5.74) is 0.734. The van der Waals surface area contributed by atoms with Crippen LogP contribution in [-0.2, 0) is 0 Å². The van der Waals surface area contributed by atoms with Gasteiger partial charge in [0, 0.05) is 11.1 Å². The van der Waals surface area contributed by atoms with Crippen molar-refractivity contribution in [3.63, 3.8) is 0 Å². The lowest BCUT2D eigenvalue weighted by molar-refractivity contribution is 0.103. The summed E-state index contributed by atoms with van der Waals surface area (Å²) in [5, 5.41) is 0. The molecule has 0 N–H and O–H groups in total. The number of benzene rings is 2. The molecule has 2 aromatic carbocycles. The molecule has 3 nitrogen and oxygen atoms in total.